The van der Waals surface area contributed by atoms with E-state index in [1.807, 2.05) is 41.9 Å². The first-order valence-electron chi connectivity index (χ1n) is 9.24. The van der Waals surface area contributed by atoms with Crippen molar-refractivity contribution in [1.82, 2.24) is 19.9 Å². The van der Waals surface area contributed by atoms with Gasteiger partial charge < -0.3 is 4.98 Å². The third-order valence-corrected chi connectivity index (χ3v) is 7.09. The minimum absolute atomic E-state index is 0.0360. The zero-order chi connectivity index (χ0) is 19.8. The number of hydrogen-bond donors (Lipinski definition) is 1. The van der Waals surface area contributed by atoms with Crippen LogP contribution in [0.25, 0.3) is 21.3 Å². The second-order valence-electron chi connectivity index (χ2n) is 6.93. The molecular formula is C21H17ClN4OS2. The van der Waals surface area contributed by atoms with Crippen molar-refractivity contribution in [3.8, 4) is 21.3 Å². The molecule has 1 aliphatic heterocycles. The normalized spacial score (nSPS) is 14.1. The fourth-order valence-corrected chi connectivity index (χ4v) is 5.21. The summed E-state index contributed by atoms with van der Waals surface area (Å²) < 4.78 is 0.763. The molecule has 5 heterocycles. The monoisotopic (exact) mass is 440 g/mol. The highest BCUT2D eigenvalue weighted by atomic mass is 35.5. The Hall–Kier alpha value is -2.32. The van der Waals surface area contributed by atoms with E-state index in [2.05, 4.69) is 20.9 Å². The van der Waals surface area contributed by atoms with Gasteiger partial charge >= 0.3 is 0 Å². The average molecular weight is 441 g/mol. The Balaban J connectivity index is 1.32. The van der Waals surface area contributed by atoms with Gasteiger partial charge in [0.25, 0.3) is 5.56 Å². The quantitative estimate of drug-likeness (QED) is 0.493. The summed E-state index contributed by atoms with van der Waals surface area (Å²) in [5.74, 6) is 0.672. The average Bonchev–Trinajstić information content (AvgIpc) is 3.41. The molecule has 0 atom stereocenters. The van der Waals surface area contributed by atoms with Crippen LogP contribution < -0.4 is 5.56 Å². The Kier molecular flexibility index (Phi) is 5.05. The van der Waals surface area contributed by atoms with Crippen LogP contribution in [0.3, 0.4) is 0 Å². The number of aromatic amines is 1. The first-order chi connectivity index (χ1) is 14.2. The van der Waals surface area contributed by atoms with Crippen LogP contribution in [0, 0.1) is 0 Å². The van der Waals surface area contributed by atoms with Crippen molar-refractivity contribution in [2.75, 3.05) is 6.54 Å². The topological polar surface area (TPSA) is 61.9 Å². The van der Waals surface area contributed by atoms with Gasteiger partial charge in [0, 0.05) is 32.3 Å². The fraction of sp³-hybridized carbons (Fsp3) is 0.190. The molecule has 1 N–H and O–H groups in total. The van der Waals surface area contributed by atoms with Crippen LogP contribution in [0.5, 0.6) is 0 Å². The number of fused-ring (bicyclic) bond motifs is 1. The molecule has 0 amide bonds. The van der Waals surface area contributed by atoms with Crippen molar-refractivity contribution in [2.45, 2.75) is 19.5 Å². The fourth-order valence-electron chi connectivity index (χ4n) is 3.52. The maximum atomic E-state index is 12.6. The first-order valence-corrected chi connectivity index (χ1v) is 11.3. The summed E-state index contributed by atoms with van der Waals surface area (Å²) in [6.45, 7) is 2.23. The van der Waals surface area contributed by atoms with E-state index in [-0.39, 0.29) is 5.56 Å². The van der Waals surface area contributed by atoms with E-state index in [0.717, 1.165) is 56.1 Å². The summed E-state index contributed by atoms with van der Waals surface area (Å²) in [5, 5.41) is 1.99. The lowest BCUT2D eigenvalue weighted by Gasteiger charge is -2.27. The molecule has 8 heteroatoms. The molecule has 0 saturated heterocycles. The minimum atomic E-state index is -0.0360. The summed E-state index contributed by atoms with van der Waals surface area (Å²) in [7, 11) is 0. The highest BCUT2D eigenvalue weighted by Gasteiger charge is 2.22. The maximum Gasteiger partial charge on any atom is 0.255 e. The molecule has 0 spiro atoms. The summed E-state index contributed by atoms with van der Waals surface area (Å²) in [6.07, 6.45) is 2.68. The summed E-state index contributed by atoms with van der Waals surface area (Å²) in [5.41, 5.74) is 3.70. The second kappa shape index (κ2) is 7.84. The van der Waals surface area contributed by atoms with Gasteiger partial charge in [-0.25, -0.2) is 4.98 Å². The van der Waals surface area contributed by atoms with Crippen molar-refractivity contribution >= 4 is 34.3 Å². The van der Waals surface area contributed by atoms with E-state index >= 15 is 0 Å². The molecule has 4 aromatic heterocycles. The number of halogens is 1. The molecule has 1 aliphatic rings. The molecule has 0 saturated carbocycles. The zero-order valence-corrected chi connectivity index (χ0v) is 17.8. The Labute approximate surface area is 180 Å². The van der Waals surface area contributed by atoms with Crippen molar-refractivity contribution in [2.24, 2.45) is 0 Å². The zero-order valence-electron chi connectivity index (χ0n) is 15.4. The van der Waals surface area contributed by atoms with Crippen LogP contribution >= 0.6 is 34.3 Å². The van der Waals surface area contributed by atoms with E-state index in [1.165, 1.54) is 11.3 Å². The number of pyridine rings is 1. The number of rotatable bonds is 4. The predicted octanol–water partition coefficient (Wildman–Crippen LogP) is 4.83. The molecule has 0 radical (unpaired) electrons. The third kappa shape index (κ3) is 3.91. The predicted molar refractivity (Wildman–Crippen MR) is 119 cm³/mol. The van der Waals surface area contributed by atoms with Gasteiger partial charge in [0.1, 0.15) is 0 Å². The number of nitrogens with zero attached hydrogens (tertiary/aromatic N) is 3. The van der Waals surface area contributed by atoms with Gasteiger partial charge in [-0.2, -0.15) is 0 Å². The molecular weight excluding hydrogens is 424 g/mol. The van der Waals surface area contributed by atoms with Crippen molar-refractivity contribution in [1.29, 1.82) is 0 Å². The third-order valence-electron chi connectivity index (χ3n) is 4.96. The van der Waals surface area contributed by atoms with Gasteiger partial charge in [-0.3, -0.25) is 14.7 Å². The molecule has 0 aliphatic carbocycles. The Morgan fingerprint density at radius 1 is 1.17 bits per heavy atom. The molecule has 0 bridgehead atoms. The molecule has 0 unspecified atom stereocenters. The van der Waals surface area contributed by atoms with Gasteiger partial charge in [0.05, 0.1) is 31.0 Å². The van der Waals surface area contributed by atoms with Crippen molar-refractivity contribution in [3.63, 3.8) is 0 Å². The largest absolute Gasteiger partial charge is 0.306 e. The number of hydrogen-bond acceptors (Lipinski definition) is 6. The smallest absolute Gasteiger partial charge is 0.255 e. The lowest BCUT2D eigenvalue weighted by Crippen LogP contribution is -2.35. The van der Waals surface area contributed by atoms with Gasteiger partial charge in [0.15, 0.2) is 5.82 Å². The van der Waals surface area contributed by atoms with E-state index < -0.39 is 0 Å². The Morgan fingerprint density at radius 2 is 2.10 bits per heavy atom. The molecule has 29 heavy (non-hydrogen) atoms. The lowest BCUT2D eigenvalue weighted by molar-refractivity contribution is 0.241. The first kappa shape index (κ1) is 18.7. The molecule has 5 nitrogen and oxygen atoms in total. The summed E-state index contributed by atoms with van der Waals surface area (Å²) >= 11 is 9.12. The van der Waals surface area contributed by atoms with Crippen LogP contribution in [0.4, 0.5) is 0 Å². The number of aromatic nitrogens is 3. The molecule has 146 valence electrons. The van der Waals surface area contributed by atoms with Crippen LogP contribution in [0.15, 0.2) is 52.8 Å². The van der Waals surface area contributed by atoms with Crippen LogP contribution in [-0.2, 0) is 19.5 Å². The SMILES string of the molecule is O=c1[nH]c(-c2cccs2)nc2c1CN(Cc1ccc(-c3ccc(Cl)s3)nc1)CC2. The van der Waals surface area contributed by atoms with Crippen molar-refractivity contribution < 1.29 is 0 Å². The standard InChI is InChI=1S/C21H17ClN4OS2/c22-19-6-5-17(29-19)16-4-3-13(10-23-16)11-26-8-7-15-14(12-26)21(27)25-20(24-15)18-2-1-9-28-18/h1-6,9-10H,7-8,11-12H2,(H,24,25,27). The highest BCUT2D eigenvalue weighted by Crippen LogP contribution is 2.30. The summed E-state index contributed by atoms with van der Waals surface area (Å²) in [6, 6.07) is 11.9. The van der Waals surface area contributed by atoms with Gasteiger partial charge in [-0.05, 0) is 35.2 Å². The molecule has 4 aromatic rings. The lowest BCUT2D eigenvalue weighted by atomic mass is 10.1. The Bertz CT molecular complexity index is 1200. The molecule has 0 aromatic carbocycles. The van der Waals surface area contributed by atoms with Gasteiger partial charge in [-0.15, -0.1) is 22.7 Å². The van der Waals surface area contributed by atoms with Gasteiger partial charge in [0.2, 0.25) is 0 Å². The summed E-state index contributed by atoms with van der Waals surface area (Å²) in [4.78, 5) is 29.2. The van der Waals surface area contributed by atoms with Crippen LogP contribution in [-0.4, -0.2) is 26.4 Å². The maximum absolute atomic E-state index is 12.6. The van der Waals surface area contributed by atoms with E-state index in [4.69, 9.17) is 16.6 Å². The molecule has 0 fully saturated rings. The van der Waals surface area contributed by atoms with E-state index in [9.17, 15) is 4.79 Å². The van der Waals surface area contributed by atoms with E-state index in [0.29, 0.717) is 12.4 Å². The number of thiophene rings is 2. The molecule has 5 rings (SSSR count). The van der Waals surface area contributed by atoms with Crippen LogP contribution in [0.2, 0.25) is 4.34 Å². The van der Waals surface area contributed by atoms with Crippen LogP contribution in [0.1, 0.15) is 16.8 Å². The number of nitrogens with one attached hydrogen (secondary N) is 1. The highest BCUT2D eigenvalue weighted by molar-refractivity contribution is 7.19. The number of H-pyrrole nitrogens is 1. The second-order valence-corrected chi connectivity index (χ2v) is 9.60. The van der Waals surface area contributed by atoms with Gasteiger partial charge in [-0.1, -0.05) is 23.7 Å². The minimum Gasteiger partial charge on any atom is -0.306 e. The van der Waals surface area contributed by atoms with E-state index in [1.54, 1.807) is 11.3 Å². The van der Waals surface area contributed by atoms with Crippen molar-refractivity contribution in [3.05, 3.63) is 79.5 Å². The Morgan fingerprint density at radius 3 is 2.83 bits per heavy atom.